The van der Waals surface area contributed by atoms with Gasteiger partial charge in [0.2, 0.25) is 0 Å². The standard InChI is InChI=1S/C17H25N3O6S/c1-16(2,3)26-15(21)19-9-7-17(18,8-10-19)13-6-5-12(27(4,24)25)11-14(13)20(22)23/h5-6,11H,7-10,18H2,1-4H3. The third-order valence-corrected chi connectivity index (χ3v) is 5.55. The number of amides is 1. The van der Waals surface area contributed by atoms with Crippen LogP contribution >= 0.6 is 0 Å². The molecule has 1 saturated heterocycles. The van der Waals surface area contributed by atoms with Crippen molar-refractivity contribution in [3.63, 3.8) is 0 Å². The van der Waals surface area contributed by atoms with Gasteiger partial charge in [-0.05, 0) is 45.7 Å². The summed E-state index contributed by atoms with van der Waals surface area (Å²) in [4.78, 5) is 24.4. The van der Waals surface area contributed by atoms with Crippen LogP contribution in [-0.4, -0.2) is 49.3 Å². The smallest absolute Gasteiger partial charge is 0.410 e. The Morgan fingerprint density at radius 1 is 1.30 bits per heavy atom. The second-order valence-corrected chi connectivity index (χ2v) is 9.85. The molecule has 0 aromatic heterocycles. The van der Waals surface area contributed by atoms with Gasteiger partial charge in [0, 0.05) is 31.0 Å². The summed E-state index contributed by atoms with van der Waals surface area (Å²) in [7, 11) is -3.58. The van der Waals surface area contributed by atoms with Crippen LogP contribution < -0.4 is 5.73 Å². The molecule has 1 aliphatic heterocycles. The van der Waals surface area contributed by atoms with E-state index >= 15 is 0 Å². The summed E-state index contributed by atoms with van der Waals surface area (Å²) in [5.74, 6) is 0. The zero-order valence-electron chi connectivity index (χ0n) is 15.9. The highest BCUT2D eigenvalue weighted by Crippen LogP contribution is 2.37. The van der Waals surface area contributed by atoms with Gasteiger partial charge in [0.25, 0.3) is 5.69 Å². The van der Waals surface area contributed by atoms with Gasteiger partial charge in [0.15, 0.2) is 9.84 Å². The average Bonchev–Trinajstić information content (AvgIpc) is 2.52. The molecule has 0 atom stereocenters. The van der Waals surface area contributed by atoms with Gasteiger partial charge in [-0.2, -0.15) is 0 Å². The van der Waals surface area contributed by atoms with Crippen molar-refractivity contribution < 1.29 is 22.9 Å². The summed E-state index contributed by atoms with van der Waals surface area (Å²) < 4.78 is 28.7. The van der Waals surface area contributed by atoms with Crippen molar-refractivity contribution >= 4 is 21.6 Å². The summed E-state index contributed by atoms with van der Waals surface area (Å²) in [6.07, 6.45) is 1.13. The minimum atomic E-state index is -3.58. The number of piperidine rings is 1. The van der Waals surface area contributed by atoms with Gasteiger partial charge in [0.1, 0.15) is 5.60 Å². The molecule has 0 bridgehead atoms. The van der Waals surface area contributed by atoms with Crippen LogP contribution in [0.5, 0.6) is 0 Å². The molecule has 27 heavy (non-hydrogen) atoms. The molecular formula is C17H25N3O6S. The van der Waals surface area contributed by atoms with Gasteiger partial charge < -0.3 is 15.4 Å². The minimum Gasteiger partial charge on any atom is -0.444 e. The summed E-state index contributed by atoms with van der Waals surface area (Å²) in [5.41, 5.74) is 4.73. The average molecular weight is 399 g/mol. The molecule has 0 saturated carbocycles. The Morgan fingerprint density at radius 2 is 1.85 bits per heavy atom. The van der Waals surface area contributed by atoms with Gasteiger partial charge in [-0.1, -0.05) is 0 Å². The number of likely N-dealkylation sites (tertiary alicyclic amines) is 1. The molecule has 1 fully saturated rings. The summed E-state index contributed by atoms with van der Waals surface area (Å²) in [6.45, 7) is 5.89. The molecule has 1 aliphatic rings. The molecule has 9 nitrogen and oxygen atoms in total. The maximum atomic E-state index is 12.2. The number of nitrogens with zero attached hydrogens (tertiary/aromatic N) is 2. The fourth-order valence-electron chi connectivity index (χ4n) is 3.00. The van der Waals surface area contributed by atoms with E-state index in [2.05, 4.69) is 0 Å². The number of hydrogen-bond acceptors (Lipinski definition) is 7. The number of nitro groups is 1. The summed E-state index contributed by atoms with van der Waals surface area (Å²) in [6, 6.07) is 3.77. The molecule has 2 rings (SSSR count). The lowest BCUT2D eigenvalue weighted by atomic mass is 9.81. The van der Waals surface area contributed by atoms with Gasteiger partial charge in [-0.25, -0.2) is 13.2 Å². The maximum absolute atomic E-state index is 12.2. The molecule has 0 spiro atoms. The van der Waals surface area contributed by atoms with Crippen LogP contribution in [0.3, 0.4) is 0 Å². The Balaban J connectivity index is 2.27. The predicted molar refractivity (Wildman–Crippen MR) is 99.1 cm³/mol. The SMILES string of the molecule is CC(C)(C)OC(=O)N1CCC(N)(c2ccc(S(C)(=O)=O)cc2[N+](=O)[O-])CC1. The molecular weight excluding hydrogens is 374 g/mol. The highest BCUT2D eigenvalue weighted by molar-refractivity contribution is 7.90. The predicted octanol–water partition coefficient (Wildman–Crippen LogP) is 2.18. The normalized spacial score (nSPS) is 17.4. The first-order valence-corrected chi connectivity index (χ1v) is 10.4. The first kappa shape index (κ1) is 21.1. The van der Waals surface area contributed by atoms with E-state index < -0.39 is 32.0 Å². The summed E-state index contributed by atoms with van der Waals surface area (Å²) >= 11 is 0. The first-order valence-electron chi connectivity index (χ1n) is 8.49. The Kier molecular flexibility index (Phi) is 5.53. The van der Waals surface area contributed by atoms with E-state index in [1.54, 1.807) is 20.8 Å². The molecule has 1 aromatic rings. The third-order valence-electron chi connectivity index (χ3n) is 4.44. The number of nitrogens with two attached hydrogens (primary N) is 1. The molecule has 0 aliphatic carbocycles. The van der Waals surface area contributed by atoms with Gasteiger partial charge in [-0.3, -0.25) is 10.1 Å². The maximum Gasteiger partial charge on any atom is 0.410 e. The van der Waals surface area contributed by atoms with Crippen LogP contribution in [0, 0.1) is 10.1 Å². The Hall–Kier alpha value is -2.20. The molecule has 1 heterocycles. The van der Waals surface area contributed by atoms with Crippen LogP contribution in [0.2, 0.25) is 0 Å². The Labute approximate surface area is 158 Å². The molecule has 0 radical (unpaired) electrons. The molecule has 0 unspecified atom stereocenters. The van der Waals surface area contributed by atoms with Gasteiger partial charge in [0.05, 0.1) is 15.4 Å². The quantitative estimate of drug-likeness (QED) is 0.608. The minimum absolute atomic E-state index is 0.132. The topological polar surface area (TPSA) is 133 Å². The second-order valence-electron chi connectivity index (χ2n) is 7.83. The molecule has 1 amide bonds. The van der Waals surface area contributed by atoms with Crippen LogP contribution in [-0.2, 0) is 20.1 Å². The third kappa shape index (κ3) is 4.95. The number of hydrogen-bond donors (Lipinski definition) is 1. The largest absolute Gasteiger partial charge is 0.444 e. The molecule has 10 heteroatoms. The van der Waals surface area contributed by atoms with Crippen molar-refractivity contribution in [1.82, 2.24) is 4.90 Å². The van der Waals surface area contributed by atoms with Gasteiger partial charge in [-0.15, -0.1) is 0 Å². The van der Waals surface area contributed by atoms with Crippen molar-refractivity contribution in [2.45, 2.75) is 49.6 Å². The fraction of sp³-hybridized carbons (Fsp3) is 0.588. The molecule has 150 valence electrons. The van der Waals surface area contributed by atoms with Crippen molar-refractivity contribution in [3.8, 4) is 0 Å². The highest BCUT2D eigenvalue weighted by Gasteiger charge is 2.39. The lowest BCUT2D eigenvalue weighted by Gasteiger charge is -2.39. The zero-order valence-corrected chi connectivity index (χ0v) is 16.7. The lowest BCUT2D eigenvalue weighted by molar-refractivity contribution is -0.386. The van der Waals surface area contributed by atoms with E-state index in [9.17, 15) is 23.3 Å². The van der Waals surface area contributed by atoms with Crippen molar-refractivity contribution in [3.05, 3.63) is 33.9 Å². The lowest BCUT2D eigenvalue weighted by Crippen LogP contribution is -2.51. The molecule has 1 aromatic carbocycles. The monoisotopic (exact) mass is 399 g/mol. The fourth-order valence-corrected chi connectivity index (χ4v) is 3.64. The first-order chi connectivity index (χ1) is 12.2. The summed E-state index contributed by atoms with van der Waals surface area (Å²) in [5, 5.41) is 11.5. The van der Waals surface area contributed by atoms with Crippen LogP contribution in [0.25, 0.3) is 0 Å². The molecule has 2 N–H and O–H groups in total. The van der Waals surface area contributed by atoms with E-state index in [1.165, 1.54) is 17.0 Å². The van der Waals surface area contributed by atoms with Crippen molar-refractivity contribution in [2.75, 3.05) is 19.3 Å². The number of ether oxygens (including phenoxy) is 1. The number of rotatable bonds is 3. The number of carbonyl (C=O) groups is 1. The number of carbonyl (C=O) groups excluding carboxylic acids is 1. The van der Waals surface area contributed by atoms with E-state index in [0.29, 0.717) is 12.8 Å². The van der Waals surface area contributed by atoms with Crippen LogP contribution in [0.1, 0.15) is 39.2 Å². The zero-order chi connectivity index (χ0) is 20.6. The number of sulfone groups is 1. The Bertz CT molecular complexity index is 852. The van der Waals surface area contributed by atoms with Gasteiger partial charge >= 0.3 is 6.09 Å². The van der Waals surface area contributed by atoms with E-state index in [-0.39, 0.29) is 29.2 Å². The Morgan fingerprint density at radius 3 is 2.30 bits per heavy atom. The van der Waals surface area contributed by atoms with Crippen molar-refractivity contribution in [1.29, 1.82) is 0 Å². The van der Waals surface area contributed by atoms with E-state index in [4.69, 9.17) is 10.5 Å². The van der Waals surface area contributed by atoms with E-state index in [1.807, 2.05) is 0 Å². The number of benzene rings is 1. The highest BCUT2D eigenvalue weighted by atomic mass is 32.2. The van der Waals surface area contributed by atoms with E-state index in [0.717, 1.165) is 12.3 Å². The second kappa shape index (κ2) is 7.08. The van der Waals surface area contributed by atoms with Crippen LogP contribution in [0.15, 0.2) is 23.1 Å². The van der Waals surface area contributed by atoms with Crippen molar-refractivity contribution in [2.24, 2.45) is 5.73 Å². The van der Waals surface area contributed by atoms with Crippen LogP contribution in [0.4, 0.5) is 10.5 Å². The number of nitro benzene ring substituents is 1.